The van der Waals surface area contributed by atoms with Gasteiger partial charge in [0.05, 0.1) is 27.4 Å². The summed E-state index contributed by atoms with van der Waals surface area (Å²) in [5.41, 5.74) is 2.06. The van der Waals surface area contributed by atoms with Gasteiger partial charge in [-0.2, -0.15) is 0 Å². The summed E-state index contributed by atoms with van der Waals surface area (Å²) in [5, 5.41) is 2.81. The Labute approximate surface area is 206 Å². The van der Waals surface area contributed by atoms with Gasteiger partial charge in [-0.05, 0) is 56.2 Å². The van der Waals surface area contributed by atoms with Crippen LogP contribution in [0.5, 0.6) is 0 Å². The van der Waals surface area contributed by atoms with E-state index in [-0.39, 0.29) is 22.1 Å². The molecule has 3 aromatic rings. The van der Waals surface area contributed by atoms with Gasteiger partial charge in [0.1, 0.15) is 0 Å². The molecule has 35 heavy (non-hydrogen) atoms. The minimum Gasteiger partial charge on any atom is -0.339 e. The smallest absolute Gasteiger partial charge is 0.261 e. The Bertz CT molecular complexity index is 1310. The second kappa shape index (κ2) is 10.7. The summed E-state index contributed by atoms with van der Waals surface area (Å²) in [5.74, 6) is -0.625. The molecule has 1 fully saturated rings. The van der Waals surface area contributed by atoms with Gasteiger partial charge in [0.15, 0.2) is 0 Å². The number of rotatable bonds is 6. The number of para-hydroxylation sites is 2. The Balaban J connectivity index is 1.57. The fourth-order valence-electron chi connectivity index (χ4n) is 4.10. The van der Waals surface area contributed by atoms with Crippen molar-refractivity contribution in [2.75, 3.05) is 23.1 Å². The van der Waals surface area contributed by atoms with Crippen LogP contribution in [-0.4, -0.2) is 38.2 Å². The molecule has 0 atom stereocenters. The van der Waals surface area contributed by atoms with E-state index in [1.807, 2.05) is 11.8 Å². The van der Waals surface area contributed by atoms with E-state index in [0.717, 1.165) is 31.2 Å². The molecule has 1 aliphatic rings. The van der Waals surface area contributed by atoms with E-state index >= 15 is 0 Å². The molecule has 4 rings (SSSR count). The molecule has 1 aliphatic heterocycles. The number of sulfonamides is 1. The van der Waals surface area contributed by atoms with Crippen LogP contribution < -0.4 is 10.0 Å². The molecular formula is C27H29N3O4S. The third kappa shape index (κ3) is 5.89. The Morgan fingerprint density at radius 3 is 1.97 bits per heavy atom. The zero-order chi connectivity index (χ0) is 24.8. The fraction of sp³-hybridized carbons (Fsp3) is 0.259. The summed E-state index contributed by atoms with van der Waals surface area (Å²) in [6, 6.07) is 19.8. The third-order valence-corrected chi connectivity index (χ3v) is 7.43. The molecule has 2 N–H and O–H groups in total. The largest absolute Gasteiger partial charge is 0.339 e. The molecule has 182 valence electrons. The maximum Gasteiger partial charge on any atom is 0.261 e. The summed E-state index contributed by atoms with van der Waals surface area (Å²) in [7, 11) is -3.89. The summed E-state index contributed by atoms with van der Waals surface area (Å²) < 4.78 is 28.3. The number of aryl methyl sites for hydroxylation is 1. The molecule has 2 amide bonds. The number of anilines is 2. The first-order chi connectivity index (χ1) is 16.8. The van der Waals surface area contributed by atoms with Crippen LogP contribution in [0, 0.1) is 6.92 Å². The average Bonchev–Trinajstić information content (AvgIpc) is 3.14. The van der Waals surface area contributed by atoms with Crippen molar-refractivity contribution in [1.29, 1.82) is 0 Å². The maximum atomic E-state index is 13.2. The van der Waals surface area contributed by atoms with Gasteiger partial charge in [0, 0.05) is 13.1 Å². The molecule has 0 bridgehead atoms. The second-order valence-electron chi connectivity index (χ2n) is 8.67. The normalized spacial score (nSPS) is 14.1. The number of hydrogen-bond donors (Lipinski definition) is 2. The van der Waals surface area contributed by atoms with Crippen LogP contribution in [0.1, 0.15) is 52.0 Å². The summed E-state index contributed by atoms with van der Waals surface area (Å²) >= 11 is 0. The number of hydrogen-bond acceptors (Lipinski definition) is 4. The van der Waals surface area contributed by atoms with Crippen LogP contribution in [0.4, 0.5) is 11.4 Å². The molecular weight excluding hydrogens is 462 g/mol. The molecule has 0 unspecified atom stereocenters. The number of benzene rings is 3. The van der Waals surface area contributed by atoms with Crippen molar-refractivity contribution >= 4 is 33.2 Å². The van der Waals surface area contributed by atoms with Gasteiger partial charge >= 0.3 is 0 Å². The van der Waals surface area contributed by atoms with Crippen molar-refractivity contribution in [1.82, 2.24) is 4.90 Å². The van der Waals surface area contributed by atoms with E-state index in [2.05, 4.69) is 10.0 Å². The molecule has 8 heteroatoms. The van der Waals surface area contributed by atoms with Gasteiger partial charge < -0.3 is 10.2 Å². The first kappa shape index (κ1) is 24.5. The fourth-order valence-corrected chi connectivity index (χ4v) is 5.18. The monoisotopic (exact) mass is 491 g/mol. The van der Waals surface area contributed by atoms with Crippen LogP contribution in [0.3, 0.4) is 0 Å². The van der Waals surface area contributed by atoms with Crippen LogP contribution in [0.25, 0.3) is 0 Å². The van der Waals surface area contributed by atoms with Crippen molar-refractivity contribution in [2.24, 2.45) is 0 Å². The topological polar surface area (TPSA) is 95.6 Å². The van der Waals surface area contributed by atoms with Crippen LogP contribution >= 0.6 is 0 Å². The number of carbonyl (C=O) groups is 2. The zero-order valence-corrected chi connectivity index (χ0v) is 20.5. The van der Waals surface area contributed by atoms with E-state index < -0.39 is 15.9 Å². The molecule has 0 radical (unpaired) electrons. The highest BCUT2D eigenvalue weighted by molar-refractivity contribution is 7.92. The highest BCUT2D eigenvalue weighted by Crippen LogP contribution is 2.24. The van der Waals surface area contributed by atoms with Gasteiger partial charge in [-0.25, -0.2) is 8.42 Å². The quantitative estimate of drug-likeness (QED) is 0.504. The zero-order valence-electron chi connectivity index (χ0n) is 19.7. The molecule has 0 aliphatic carbocycles. The molecule has 1 heterocycles. The van der Waals surface area contributed by atoms with Gasteiger partial charge in [-0.15, -0.1) is 0 Å². The predicted molar refractivity (Wildman–Crippen MR) is 137 cm³/mol. The molecule has 0 aromatic heterocycles. The van der Waals surface area contributed by atoms with Crippen molar-refractivity contribution in [3.05, 3.63) is 89.5 Å². The molecule has 7 nitrogen and oxygen atoms in total. The van der Waals surface area contributed by atoms with Crippen molar-refractivity contribution < 1.29 is 18.0 Å². The van der Waals surface area contributed by atoms with E-state index in [9.17, 15) is 18.0 Å². The van der Waals surface area contributed by atoms with E-state index in [0.29, 0.717) is 24.3 Å². The summed E-state index contributed by atoms with van der Waals surface area (Å²) in [4.78, 5) is 28.4. The van der Waals surface area contributed by atoms with E-state index in [1.165, 1.54) is 18.2 Å². The standard InChI is InChI=1S/C27H29N3O4S/c1-20-14-16-21(17-15-20)35(33,34)29-25-13-7-4-10-22(25)26(31)28-24-12-6-5-11-23(24)27(32)30-18-8-2-3-9-19-30/h4-7,10-17,29H,2-3,8-9,18-19H2,1H3,(H,28,31). The molecule has 0 spiro atoms. The highest BCUT2D eigenvalue weighted by atomic mass is 32.2. The Hall–Kier alpha value is -3.65. The lowest BCUT2D eigenvalue weighted by atomic mass is 10.1. The Morgan fingerprint density at radius 2 is 1.31 bits per heavy atom. The molecule has 0 saturated carbocycles. The molecule has 1 saturated heterocycles. The first-order valence-electron chi connectivity index (χ1n) is 11.7. The van der Waals surface area contributed by atoms with Gasteiger partial charge in [0.2, 0.25) is 0 Å². The maximum absolute atomic E-state index is 13.2. The number of amides is 2. The van der Waals surface area contributed by atoms with Crippen molar-refractivity contribution in [3.8, 4) is 0 Å². The number of likely N-dealkylation sites (tertiary alicyclic amines) is 1. The van der Waals surface area contributed by atoms with Crippen LogP contribution in [-0.2, 0) is 10.0 Å². The lowest BCUT2D eigenvalue weighted by Gasteiger charge is -2.22. The minimum absolute atomic E-state index is 0.103. The second-order valence-corrected chi connectivity index (χ2v) is 10.4. The molecule has 3 aromatic carbocycles. The van der Waals surface area contributed by atoms with E-state index in [1.54, 1.807) is 54.6 Å². The van der Waals surface area contributed by atoms with Gasteiger partial charge in [-0.3, -0.25) is 14.3 Å². The first-order valence-corrected chi connectivity index (χ1v) is 13.2. The SMILES string of the molecule is Cc1ccc(S(=O)(=O)Nc2ccccc2C(=O)Nc2ccccc2C(=O)N2CCCCCC2)cc1. The summed E-state index contributed by atoms with van der Waals surface area (Å²) in [6.07, 6.45) is 4.15. The predicted octanol–water partition coefficient (Wildman–Crippen LogP) is 5.06. The van der Waals surface area contributed by atoms with Gasteiger partial charge in [-0.1, -0.05) is 54.8 Å². The van der Waals surface area contributed by atoms with E-state index in [4.69, 9.17) is 0 Å². The van der Waals surface area contributed by atoms with Gasteiger partial charge in [0.25, 0.3) is 21.8 Å². The highest BCUT2D eigenvalue weighted by Gasteiger charge is 2.23. The Kier molecular flexibility index (Phi) is 7.51. The number of carbonyl (C=O) groups excluding carboxylic acids is 2. The summed E-state index contributed by atoms with van der Waals surface area (Å²) in [6.45, 7) is 3.27. The average molecular weight is 492 g/mol. The minimum atomic E-state index is -3.89. The third-order valence-electron chi connectivity index (χ3n) is 6.05. The van der Waals surface area contributed by atoms with Crippen molar-refractivity contribution in [2.45, 2.75) is 37.5 Å². The number of nitrogens with zero attached hydrogens (tertiary/aromatic N) is 1. The van der Waals surface area contributed by atoms with Crippen LogP contribution in [0.2, 0.25) is 0 Å². The lowest BCUT2D eigenvalue weighted by molar-refractivity contribution is 0.0762. The van der Waals surface area contributed by atoms with Crippen LogP contribution in [0.15, 0.2) is 77.7 Å². The lowest BCUT2D eigenvalue weighted by Crippen LogP contribution is -2.32. The Morgan fingerprint density at radius 1 is 0.743 bits per heavy atom. The van der Waals surface area contributed by atoms with Crippen molar-refractivity contribution in [3.63, 3.8) is 0 Å². The number of nitrogens with one attached hydrogen (secondary N) is 2.